The Hall–Kier alpha value is -0.750. The fourth-order valence-electron chi connectivity index (χ4n) is 1.93. The summed E-state index contributed by atoms with van der Waals surface area (Å²) in [4.78, 5) is 40.2. The Morgan fingerprint density at radius 2 is 1.62 bits per heavy atom. The summed E-state index contributed by atoms with van der Waals surface area (Å²) in [5, 5.41) is 0. The first kappa shape index (κ1) is 20.2. The zero-order valence-corrected chi connectivity index (χ0v) is 14.1. The number of esters is 1. The lowest BCUT2D eigenvalue weighted by Gasteiger charge is -2.32. The lowest BCUT2D eigenvalue weighted by molar-refractivity contribution is -0.158. The summed E-state index contributed by atoms with van der Waals surface area (Å²) in [6.07, 6.45) is 1.50. The average molecular weight is 324 g/mol. The van der Waals surface area contributed by atoms with Crippen molar-refractivity contribution >= 4 is 19.6 Å². The molecule has 0 spiro atoms. The predicted octanol–water partition coefficient (Wildman–Crippen LogP) is 2.06. The van der Waals surface area contributed by atoms with Crippen molar-refractivity contribution in [2.24, 2.45) is 10.8 Å². The molecule has 8 heteroatoms. The summed E-state index contributed by atoms with van der Waals surface area (Å²) in [7, 11) is -4.69. The minimum atomic E-state index is -4.69. The number of ketones is 1. The fourth-order valence-corrected chi connectivity index (χ4v) is 2.24. The van der Waals surface area contributed by atoms with E-state index in [1.165, 1.54) is 0 Å². The highest BCUT2D eigenvalue weighted by atomic mass is 31.2. The Bertz CT molecular complexity index is 422. The molecule has 0 rings (SSSR count). The molecule has 0 heterocycles. The van der Waals surface area contributed by atoms with Gasteiger partial charge < -0.3 is 14.5 Å². The maximum absolute atomic E-state index is 12.0. The van der Waals surface area contributed by atoms with Crippen LogP contribution in [0.15, 0.2) is 0 Å². The van der Waals surface area contributed by atoms with Crippen LogP contribution in [-0.2, 0) is 23.4 Å². The lowest BCUT2D eigenvalue weighted by Crippen LogP contribution is -2.33. The minimum Gasteiger partial charge on any atom is -0.457 e. The predicted molar refractivity (Wildman–Crippen MR) is 76.4 cm³/mol. The number of hydrogen-bond acceptors (Lipinski definition) is 5. The van der Waals surface area contributed by atoms with Crippen molar-refractivity contribution in [3.63, 3.8) is 0 Å². The molecule has 0 unspecified atom stereocenters. The van der Waals surface area contributed by atoms with Crippen molar-refractivity contribution in [2.75, 3.05) is 13.2 Å². The second kappa shape index (κ2) is 7.49. The number of carbonyl (C=O) groups excluding carboxylic acids is 2. The van der Waals surface area contributed by atoms with Gasteiger partial charge in [0.25, 0.3) is 0 Å². The van der Waals surface area contributed by atoms with Gasteiger partial charge in [-0.3, -0.25) is 14.1 Å². The Morgan fingerprint density at radius 1 is 1.10 bits per heavy atom. The molecule has 0 aromatic heterocycles. The molecule has 0 bridgehead atoms. The monoisotopic (exact) mass is 324 g/mol. The Kier molecular flexibility index (Phi) is 7.23. The number of hydrogen-bond donors (Lipinski definition) is 2. The van der Waals surface area contributed by atoms with E-state index < -0.39 is 38.2 Å². The van der Waals surface area contributed by atoms with E-state index in [1.54, 1.807) is 13.8 Å². The molecule has 0 radical (unpaired) electrons. The number of carbonyl (C=O) groups is 2. The number of phosphoric acid groups is 1. The molecule has 0 fully saturated rings. The molecule has 0 aromatic rings. The van der Waals surface area contributed by atoms with E-state index in [4.69, 9.17) is 14.5 Å². The number of ether oxygens (including phenoxy) is 1. The van der Waals surface area contributed by atoms with E-state index in [0.29, 0.717) is 6.42 Å². The summed E-state index contributed by atoms with van der Waals surface area (Å²) >= 11 is 0. The van der Waals surface area contributed by atoms with Crippen LogP contribution in [0.3, 0.4) is 0 Å². The van der Waals surface area contributed by atoms with Crippen molar-refractivity contribution in [1.29, 1.82) is 0 Å². The second-order valence-corrected chi connectivity index (χ2v) is 7.70. The largest absolute Gasteiger partial charge is 0.470 e. The lowest BCUT2D eigenvalue weighted by atomic mass is 9.74. The Balaban J connectivity index is 4.36. The van der Waals surface area contributed by atoms with E-state index in [-0.39, 0.29) is 5.41 Å². The first-order valence-corrected chi connectivity index (χ1v) is 8.21. The quantitative estimate of drug-likeness (QED) is 0.493. The third-order valence-electron chi connectivity index (χ3n) is 3.19. The fraction of sp³-hybridized carbons (Fsp3) is 0.846. The molecule has 7 nitrogen and oxygen atoms in total. The van der Waals surface area contributed by atoms with Crippen LogP contribution in [-0.4, -0.2) is 34.8 Å². The summed E-state index contributed by atoms with van der Waals surface area (Å²) < 4.78 is 19.4. The normalized spacial score (nSPS) is 13.1. The molecule has 0 aliphatic rings. The van der Waals surface area contributed by atoms with Crippen molar-refractivity contribution in [2.45, 2.75) is 47.5 Å². The van der Waals surface area contributed by atoms with Crippen LogP contribution in [0.5, 0.6) is 0 Å². The van der Waals surface area contributed by atoms with Crippen molar-refractivity contribution in [1.82, 2.24) is 0 Å². The molecule has 0 aliphatic heterocycles. The number of Topliss-reactive ketones (excluding diaryl/α,β-unsaturated/α-hetero) is 1. The van der Waals surface area contributed by atoms with E-state index >= 15 is 0 Å². The van der Waals surface area contributed by atoms with Gasteiger partial charge in [-0.25, -0.2) is 4.57 Å². The molecular weight excluding hydrogens is 299 g/mol. The smallest absolute Gasteiger partial charge is 0.457 e. The molecule has 0 atom stereocenters. The summed E-state index contributed by atoms with van der Waals surface area (Å²) in [5.74, 6) is -1.23. The zero-order chi connectivity index (χ0) is 16.9. The first-order valence-electron chi connectivity index (χ1n) is 6.68. The van der Waals surface area contributed by atoms with Gasteiger partial charge in [0.15, 0.2) is 12.4 Å². The minimum absolute atomic E-state index is 0.0317. The highest BCUT2D eigenvalue weighted by molar-refractivity contribution is 7.46. The van der Waals surface area contributed by atoms with Gasteiger partial charge in [0.2, 0.25) is 0 Å². The molecule has 0 aliphatic carbocycles. The van der Waals surface area contributed by atoms with Crippen LogP contribution in [0.25, 0.3) is 0 Å². The number of rotatable bonds is 9. The van der Waals surface area contributed by atoms with Crippen LogP contribution in [0.4, 0.5) is 0 Å². The van der Waals surface area contributed by atoms with Crippen molar-refractivity contribution < 1.29 is 33.2 Å². The zero-order valence-electron chi connectivity index (χ0n) is 13.2. The third-order valence-corrected chi connectivity index (χ3v) is 3.65. The van der Waals surface area contributed by atoms with Crippen LogP contribution in [0, 0.1) is 10.8 Å². The molecule has 21 heavy (non-hydrogen) atoms. The topological polar surface area (TPSA) is 110 Å². The Morgan fingerprint density at radius 3 is 2.05 bits per heavy atom. The van der Waals surface area contributed by atoms with E-state index in [0.717, 1.165) is 6.42 Å². The van der Waals surface area contributed by atoms with Gasteiger partial charge in [0, 0.05) is 0 Å². The summed E-state index contributed by atoms with van der Waals surface area (Å²) in [6, 6.07) is 0. The molecule has 0 amide bonds. The van der Waals surface area contributed by atoms with Gasteiger partial charge in [-0.05, 0) is 25.7 Å². The van der Waals surface area contributed by atoms with Gasteiger partial charge in [0.1, 0.15) is 6.61 Å². The van der Waals surface area contributed by atoms with Crippen LogP contribution in [0.2, 0.25) is 0 Å². The molecule has 0 saturated heterocycles. The van der Waals surface area contributed by atoms with Gasteiger partial charge in [-0.2, -0.15) is 0 Å². The third kappa shape index (κ3) is 8.98. The SMILES string of the molecule is CCC(C)(C)CC(C)(C)C(=O)OCC(=O)COP(=O)(O)O. The molecule has 2 N–H and O–H groups in total. The first-order chi connectivity index (χ1) is 9.29. The average Bonchev–Trinajstić information content (AvgIpc) is 2.31. The summed E-state index contributed by atoms with van der Waals surface area (Å²) in [6.45, 7) is 8.24. The van der Waals surface area contributed by atoms with Crippen LogP contribution < -0.4 is 0 Å². The maximum Gasteiger partial charge on any atom is 0.470 e. The molecular formula is C13H25O7P. The van der Waals surface area contributed by atoms with Crippen molar-refractivity contribution in [3.05, 3.63) is 0 Å². The molecule has 0 saturated carbocycles. The summed E-state index contributed by atoms with van der Waals surface area (Å²) in [5.41, 5.74) is -0.778. The maximum atomic E-state index is 12.0. The Labute approximate surface area is 125 Å². The van der Waals surface area contributed by atoms with E-state index in [2.05, 4.69) is 4.52 Å². The van der Waals surface area contributed by atoms with Crippen molar-refractivity contribution in [3.8, 4) is 0 Å². The van der Waals surface area contributed by atoms with Gasteiger partial charge in [0.05, 0.1) is 5.41 Å². The van der Waals surface area contributed by atoms with Crippen LogP contribution >= 0.6 is 7.82 Å². The molecule has 0 aromatic carbocycles. The molecule has 124 valence electrons. The highest BCUT2D eigenvalue weighted by Gasteiger charge is 2.35. The highest BCUT2D eigenvalue weighted by Crippen LogP contribution is 2.37. The number of phosphoric ester groups is 1. The van der Waals surface area contributed by atoms with E-state index in [1.807, 2.05) is 20.8 Å². The van der Waals surface area contributed by atoms with Gasteiger partial charge in [-0.1, -0.05) is 27.2 Å². The standard InChI is InChI=1S/C13H25O7P/c1-6-12(2,3)9-13(4,5)11(15)19-7-10(14)8-20-21(16,17)18/h6-9H2,1-5H3,(H2,16,17,18). The van der Waals surface area contributed by atoms with E-state index in [9.17, 15) is 14.2 Å². The second-order valence-electron chi connectivity index (χ2n) is 6.46. The van der Waals surface area contributed by atoms with Gasteiger partial charge >= 0.3 is 13.8 Å². The van der Waals surface area contributed by atoms with Gasteiger partial charge in [-0.15, -0.1) is 0 Å². The van der Waals surface area contributed by atoms with Crippen LogP contribution in [0.1, 0.15) is 47.5 Å².